The zero-order valence-corrected chi connectivity index (χ0v) is 23.8. The minimum atomic E-state index is -1.03. The van der Waals surface area contributed by atoms with Crippen LogP contribution in [0.2, 0.25) is 5.02 Å². The standard InChI is InChI=1S/C29H32ClFN6O4/c1-35(2)25(38)16-29(40)8-11-36(12-9-29)28(39)20-6-5-19(15-21(20)30)34-26-27-33-17-23(37(27)13-10-32-26)18-4-7-24(41-3)22(31)14-18/h4-7,10,13-15,17,25,38,40H,8-9,11-12,16H2,1-3H3,(H,32,34). The van der Waals surface area contributed by atoms with Gasteiger partial charge in [-0.25, -0.2) is 14.4 Å². The maximum absolute atomic E-state index is 14.3. The van der Waals surface area contributed by atoms with Crippen molar-refractivity contribution in [3.8, 4) is 17.0 Å². The van der Waals surface area contributed by atoms with Crippen LogP contribution in [-0.4, -0.2) is 86.4 Å². The molecule has 0 saturated carbocycles. The molecule has 12 heteroatoms. The Bertz CT molecular complexity index is 1570. The first-order valence-corrected chi connectivity index (χ1v) is 13.5. The average molecular weight is 583 g/mol. The molecule has 1 amide bonds. The van der Waals surface area contributed by atoms with Crippen molar-refractivity contribution < 1.29 is 24.1 Å². The highest BCUT2D eigenvalue weighted by Crippen LogP contribution is 2.32. The van der Waals surface area contributed by atoms with Gasteiger partial charge in [0.15, 0.2) is 23.0 Å². The minimum Gasteiger partial charge on any atom is -0.494 e. The lowest BCUT2D eigenvalue weighted by Gasteiger charge is -2.40. The second-order valence-electron chi connectivity index (χ2n) is 10.4. The fraction of sp³-hybridized carbons (Fsp3) is 0.345. The molecular formula is C29H32ClFN6O4. The Balaban J connectivity index is 1.30. The van der Waals surface area contributed by atoms with E-state index in [-0.39, 0.29) is 23.1 Å². The third-order valence-electron chi connectivity index (χ3n) is 7.48. The van der Waals surface area contributed by atoms with Gasteiger partial charge in [-0.3, -0.25) is 14.1 Å². The molecule has 2 aromatic heterocycles. The lowest BCUT2D eigenvalue weighted by molar-refractivity contribution is -0.0804. The number of methoxy groups -OCH3 is 1. The van der Waals surface area contributed by atoms with Crippen LogP contribution in [0.1, 0.15) is 29.6 Å². The number of hydrogen-bond donors (Lipinski definition) is 3. The number of nitrogens with one attached hydrogen (secondary N) is 1. The Kier molecular flexibility index (Phi) is 8.14. The van der Waals surface area contributed by atoms with E-state index in [1.54, 1.807) is 77.2 Å². The van der Waals surface area contributed by atoms with Gasteiger partial charge in [0.25, 0.3) is 5.91 Å². The normalized spacial score (nSPS) is 15.8. The largest absolute Gasteiger partial charge is 0.494 e. The molecule has 3 heterocycles. The van der Waals surface area contributed by atoms with Crippen LogP contribution in [0.5, 0.6) is 5.75 Å². The van der Waals surface area contributed by atoms with E-state index in [2.05, 4.69) is 15.3 Å². The summed E-state index contributed by atoms with van der Waals surface area (Å²) < 4.78 is 21.1. The number of aliphatic hydroxyl groups is 2. The molecule has 0 bridgehead atoms. The monoisotopic (exact) mass is 582 g/mol. The molecule has 1 aliphatic heterocycles. The number of piperidine rings is 1. The first-order valence-electron chi connectivity index (χ1n) is 13.2. The molecule has 2 aromatic carbocycles. The van der Waals surface area contributed by atoms with Gasteiger partial charge in [0.2, 0.25) is 0 Å². The number of aliphatic hydroxyl groups excluding tert-OH is 1. The molecule has 10 nitrogen and oxygen atoms in total. The lowest BCUT2D eigenvalue weighted by atomic mass is 9.87. The zero-order chi connectivity index (χ0) is 29.3. The fourth-order valence-corrected chi connectivity index (χ4v) is 5.23. The summed E-state index contributed by atoms with van der Waals surface area (Å²) in [5.41, 5.74) is 1.76. The number of anilines is 2. The molecule has 41 heavy (non-hydrogen) atoms. The van der Waals surface area contributed by atoms with Crippen LogP contribution in [0.3, 0.4) is 0 Å². The SMILES string of the molecule is COc1ccc(-c2cnc3c(Nc4ccc(C(=O)N5CCC(O)(CC(O)N(C)C)CC5)c(Cl)c4)nccn23)cc1F. The fourth-order valence-electron chi connectivity index (χ4n) is 4.97. The molecule has 0 radical (unpaired) electrons. The second kappa shape index (κ2) is 11.6. The third-order valence-corrected chi connectivity index (χ3v) is 7.79. The molecule has 1 unspecified atom stereocenters. The van der Waals surface area contributed by atoms with E-state index in [1.165, 1.54) is 13.2 Å². The first kappa shape index (κ1) is 28.7. The Hall–Kier alpha value is -3.77. The van der Waals surface area contributed by atoms with Crippen LogP contribution in [0.15, 0.2) is 55.0 Å². The van der Waals surface area contributed by atoms with Gasteiger partial charge >= 0.3 is 0 Å². The highest BCUT2D eigenvalue weighted by atomic mass is 35.5. The molecule has 3 N–H and O–H groups in total. The number of benzene rings is 2. The zero-order valence-electron chi connectivity index (χ0n) is 23.0. The summed E-state index contributed by atoms with van der Waals surface area (Å²) in [5.74, 6) is -0.0771. The highest BCUT2D eigenvalue weighted by Gasteiger charge is 2.36. The van der Waals surface area contributed by atoms with Crippen molar-refractivity contribution in [1.29, 1.82) is 0 Å². The van der Waals surface area contributed by atoms with Crippen LogP contribution in [-0.2, 0) is 0 Å². The smallest absolute Gasteiger partial charge is 0.255 e. The Morgan fingerprint density at radius 3 is 2.63 bits per heavy atom. The number of likely N-dealkylation sites (tertiary alicyclic amines) is 1. The van der Waals surface area contributed by atoms with Gasteiger partial charge in [-0.1, -0.05) is 11.6 Å². The van der Waals surface area contributed by atoms with E-state index in [0.717, 1.165) is 0 Å². The van der Waals surface area contributed by atoms with Crippen LogP contribution >= 0.6 is 11.6 Å². The van der Waals surface area contributed by atoms with Crippen molar-refractivity contribution in [3.63, 3.8) is 0 Å². The van der Waals surface area contributed by atoms with Gasteiger partial charge in [-0.05, 0) is 63.3 Å². The molecule has 216 valence electrons. The Labute approximate surface area is 242 Å². The summed E-state index contributed by atoms with van der Waals surface area (Å²) >= 11 is 6.55. The van der Waals surface area contributed by atoms with Gasteiger partial charge in [0, 0.05) is 43.2 Å². The van der Waals surface area contributed by atoms with Gasteiger partial charge in [0.1, 0.15) is 6.23 Å². The Morgan fingerprint density at radius 2 is 1.98 bits per heavy atom. The number of carbonyl (C=O) groups is 1. The van der Waals surface area contributed by atoms with E-state index in [4.69, 9.17) is 16.3 Å². The molecule has 0 aliphatic carbocycles. The number of imidazole rings is 1. The molecule has 4 aromatic rings. The van der Waals surface area contributed by atoms with Crippen LogP contribution in [0.25, 0.3) is 16.9 Å². The van der Waals surface area contributed by atoms with Crippen molar-refractivity contribution in [2.45, 2.75) is 31.1 Å². The summed E-state index contributed by atoms with van der Waals surface area (Å²) in [6.07, 6.45) is 5.18. The number of aromatic nitrogens is 3. The number of hydrogen-bond acceptors (Lipinski definition) is 8. The number of amides is 1. The third kappa shape index (κ3) is 5.98. The summed E-state index contributed by atoms with van der Waals surface area (Å²) in [6, 6.07) is 9.75. The maximum Gasteiger partial charge on any atom is 0.255 e. The topological polar surface area (TPSA) is 115 Å². The summed E-state index contributed by atoms with van der Waals surface area (Å²) in [4.78, 5) is 25.4. The predicted octanol–water partition coefficient (Wildman–Crippen LogP) is 4.18. The van der Waals surface area contributed by atoms with E-state index in [0.29, 0.717) is 59.9 Å². The number of fused-ring (bicyclic) bond motifs is 1. The molecular weight excluding hydrogens is 551 g/mol. The van der Waals surface area contributed by atoms with Crippen molar-refractivity contribution in [2.24, 2.45) is 0 Å². The van der Waals surface area contributed by atoms with E-state index in [1.807, 2.05) is 0 Å². The van der Waals surface area contributed by atoms with Crippen LogP contribution < -0.4 is 10.1 Å². The number of nitrogens with zero attached hydrogens (tertiary/aromatic N) is 5. The summed E-state index contributed by atoms with van der Waals surface area (Å²) in [5, 5.41) is 24.5. The molecule has 1 atom stereocenters. The van der Waals surface area contributed by atoms with Gasteiger partial charge in [-0.15, -0.1) is 0 Å². The van der Waals surface area contributed by atoms with E-state index in [9.17, 15) is 19.4 Å². The first-order chi connectivity index (χ1) is 19.6. The van der Waals surface area contributed by atoms with Crippen LogP contribution in [0, 0.1) is 5.82 Å². The number of carbonyl (C=O) groups excluding carboxylic acids is 1. The summed E-state index contributed by atoms with van der Waals surface area (Å²) in [7, 11) is 4.92. The second-order valence-corrected chi connectivity index (χ2v) is 10.9. The molecule has 5 rings (SSSR count). The lowest BCUT2D eigenvalue weighted by Crippen LogP contribution is -2.49. The number of halogens is 2. The van der Waals surface area contributed by atoms with E-state index < -0.39 is 17.6 Å². The van der Waals surface area contributed by atoms with Crippen molar-refractivity contribution in [2.75, 3.05) is 39.6 Å². The summed E-state index contributed by atoms with van der Waals surface area (Å²) in [6.45, 7) is 0.718. The quantitative estimate of drug-likeness (QED) is 0.265. The Morgan fingerprint density at radius 1 is 1.22 bits per heavy atom. The van der Waals surface area contributed by atoms with Crippen LogP contribution in [0.4, 0.5) is 15.9 Å². The van der Waals surface area contributed by atoms with Crippen molar-refractivity contribution >= 4 is 34.7 Å². The maximum atomic E-state index is 14.3. The molecule has 0 spiro atoms. The van der Waals surface area contributed by atoms with Gasteiger partial charge in [-0.2, -0.15) is 0 Å². The molecule has 1 aliphatic rings. The van der Waals surface area contributed by atoms with Crippen molar-refractivity contribution in [1.82, 2.24) is 24.2 Å². The number of rotatable bonds is 8. The molecule has 1 saturated heterocycles. The van der Waals surface area contributed by atoms with Crippen molar-refractivity contribution in [3.05, 3.63) is 71.4 Å². The van der Waals surface area contributed by atoms with Gasteiger partial charge < -0.3 is 25.2 Å². The number of ether oxygens (including phenoxy) is 1. The van der Waals surface area contributed by atoms with E-state index >= 15 is 0 Å². The minimum absolute atomic E-state index is 0.159. The predicted molar refractivity (Wildman–Crippen MR) is 154 cm³/mol. The average Bonchev–Trinajstić information content (AvgIpc) is 3.38. The van der Waals surface area contributed by atoms with Gasteiger partial charge in [0.05, 0.1) is 35.2 Å². The molecule has 1 fully saturated rings. The highest BCUT2D eigenvalue weighted by molar-refractivity contribution is 6.34.